The van der Waals surface area contributed by atoms with Gasteiger partial charge in [0.25, 0.3) is 0 Å². The molecular formula is C13H18ClNO3S. The Morgan fingerprint density at radius 1 is 1.58 bits per heavy atom. The Morgan fingerprint density at radius 3 is 3.00 bits per heavy atom. The molecule has 0 spiro atoms. The lowest BCUT2D eigenvalue weighted by Gasteiger charge is -2.14. The van der Waals surface area contributed by atoms with Gasteiger partial charge in [0, 0.05) is 17.9 Å². The quantitative estimate of drug-likeness (QED) is 0.767. The van der Waals surface area contributed by atoms with Crippen LogP contribution in [0.2, 0.25) is 5.02 Å². The molecule has 0 aromatic heterocycles. The smallest absolute Gasteiger partial charge is 0.230 e. The van der Waals surface area contributed by atoms with Crippen LogP contribution in [0.4, 0.5) is 0 Å². The van der Waals surface area contributed by atoms with Gasteiger partial charge in [-0.1, -0.05) is 23.7 Å². The minimum atomic E-state index is -0.343. The summed E-state index contributed by atoms with van der Waals surface area (Å²) in [5, 5.41) is 12.4. The van der Waals surface area contributed by atoms with Crippen molar-refractivity contribution >= 4 is 29.3 Å². The fourth-order valence-electron chi connectivity index (χ4n) is 1.50. The number of rotatable bonds is 8. The molecule has 0 aliphatic carbocycles. The van der Waals surface area contributed by atoms with Crippen molar-refractivity contribution in [1.82, 2.24) is 5.32 Å². The summed E-state index contributed by atoms with van der Waals surface area (Å²) in [4.78, 5) is 11.6. The number of nitrogens with one attached hydrogen (secondary N) is 1. The molecule has 1 atom stereocenters. The Kier molecular flexibility index (Phi) is 7.90. The van der Waals surface area contributed by atoms with E-state index in [4.69, 9.17) is 21.4 Å². The van der Waals surface area contributed by atoms with E-state index in [-0.39, 0.29) is 18.6 Å². The Labute approximate surface area is 122 Å². The predicted molar refractivity (Wildman–Crippen MR) is 78.5 cm³/mol. The molecule has 1 amide bonds. The van der Waals surface area contributed by atoms with Gasteiger partial charge < -0.3 is 15.2 Å². The van der Waals surface area contributed by atoms with Gasteiger partial charge in [-0.15, -0.1) is 11.8 Å². The number of benzene rings is 1. The number of hydrogen-bond donors (Lipinski definition) is 2. The van der Waals surface area contributed by atoms with Gasteiger partial charge in [0.1, 0.15) is 0 Å². The number of methoxy groups -OCH3 is 1. The van der Waals surface area contributed by atoms with Crippen molar-refractivity contribution in [2.45, 2.75) is 11.8 Å². The molecule has 106 valence electrons. The van der Waals surface area contributed by atoms with Crippen LogP contribution in [0, 0.1) is 0 Å². The average molecular weight is 304 g/mol. The summed E-state index contributed by atoms with van der Waals surface area (Å²) in [5.74, 6) is 0.956. The second-order valence-corrected chi connectivity index (χ2v) is 5.45. The maximum absolute atomic E-state index is 11.6. The minimum absolute atomic E-state index is 0.108. The van der Waals surface area contributed by atoms with Crippen molar-refractivity contribution in [3.63, 3.8) is 0 Å². The van der Waals surface area contributed by atoms with E-state index in [1.54, 1.807) is 0 Å². The molecule has 0 bridgehead atoms. The van der Waals surface area contributed by atoms with Crippen molar-refractivity contribution in [3.05, 3.63) is 34.9 Å². The molecule has 0 radical (unpaired) electrons. The SMILES string of the molecule is COCC(CO)NC(=O)CSCc1cccc(Cl)c1. The summed E-state index contributed by atoms with van der Waals surface area (Å²) >= 11 is 7.38. The van der Waals surface area contributed by atoms with E-state index in [0.717, 1.165) is 11.3 Å². The zero-order chi connectivity index (χ0) is 14.1. The topological polar surface area (TPSA) is 58.6 Å². The zero-order valence-corrected chi connectivity index (χ0v) is 12.3. The summed E-state index contributed by atoms with van der Waals surface area (Å²) in [6, 6.07) is 7.22. The predicted octanol–water partition coefficient (Wildman–Crippen LogP) is 1.70. The number of aliphatic hydroxyl groups is 1. The van der Waals surface area contributed by atoms with E-state index < -0.39 is 0 Å². The Morgan fingerprint density at radius 2 is 2.37 bits per heavy atom. The van der Waals surface area contributed by atoms with Crippen molar-refractivity contribution in [3.8, 4) is 0 Å². The third-order valence-corrected chi connectivity index (χ3v) is 3.58. The number of carbonyl (C=O) groups excluding carboxylic acids is 1. The molecule has 1 aromatic rings. The molecule has 0 aliphatic rings. The molecule has 0 aliphatic heterocycles. The first-order valence-electron chi connectivity index (χ1n) is 5.87. The third kappa shape index (κ3) is 6.82. The first kappa shape index (κ1) is 16.3. The lowest BCUT2D eigenvalue weighted by atomic mass is 10.2. The molecule has 19 heavy (non-hydrogen) atoms. The second-order valence-electron chi connectivity index (χ2n) is 4.03. The zero-order valence-electron chi connectivity index (χ0n) is 10.8. The van der Waals surface area contributed by atoms with Crippen LogP contribution in [0.1, 0.15) is 5.56 Å². The van der Waals surface area contributed by atoms with Gasteiger partial charge in [-0.3, -0.25) is 4.79 Å². The molecule has 0 fully saturated rings. The van der Waals surface area contributed by atoms with Crippen molar-refractivity contribution in [1.29, 1.82) is 0 Å². The van der Waals surface area contributed by atoms with Gasteiger partial charge in [-0.05, 0) is 17.7 Å². The fourth-order valence-corrected chi connectivity index (χ4v) is 2.50. The minimum Gasteiger partial charge on any atom is -0.394 e. The van der Waals surface area contributed by atoms with E-state index in [0.29, 0.717) is 17.4 Å². The molecule has 0 saturated heterocycles. The number of thioether (sulfide) groups is 1. The van der Waals surface area contributed by atoms with E-state index in [2.05, 4.69) is 5.32 Å². The molecule has 6 heteroatoms. The number of hydrogen-bond acceptors (Lipinski definition) is 4. The summed E-state index contributed by atoms with van der Waals surface area (Å²) < 4.78 is 4.89. The molecule has 1 aromatic carbocycles. The van der Waals surface area contributed by atoms with Crippen LogP contribution in [0.25, 0.3) is 0 Å². The number of amides is 1. The van der Waals surface area contributed by atoms with Crippen LogP contribution in [-0.2, 0) is 15.3 Å². The summed E-state index contributed by atoms with van der Waals surface area (Å²) in [6.07, 6.45) is 0. The van der Waals surface area contributed by atoms with Gasteiger partial charge in [-0.25, -0.2) is 0 Å². The van der Waals surface area contributed by atoms with Crippen molar-refractivity contribution < 1.29 is 14.6 Å². The number of ether oxygens (including phenoxy) is 1. The van der Waals surface area contributed by atoms with Gasteiger partial charge in [0.05, 0.1) is 25.0 Å². The lowest BCUT2D eigenvalue weighted by Crippen LogP contribution is -2.41. The Hall–Kier alpha value is -0.750. The maximum Gasteiger partial charge on any atom is 0.230 e. The number of aliphatic hydroxyl groups excluding tert-OH is 1. The highest BCUT2D eigenvalue weighted by Crippen LogP contribution is 2.16. The molecular weight excluding hydrogens is 286 g/mol. The Bertz CT molecular complexity index is 403. The van der Waals surface area contributed by atoms with Crippen LogP contribution in [-0.4, -0.2) is 43.1 Å². The molecule has 0 saturated carbocycles. The molecule has 0 heterocycles. The summed E-state index contributed by atoms with van der Waals surface area (Å²) in [6.45, 7) is 0.180. The second kappa shape index (κ2) is 9.20. The highest BCUT2D eigenvalue weighted by molar-refractivity contribution is 7.99. The summed E-state index contributed by atoms with van der Waals surface area (Å²) in [7, 11) is 1.53. The average Bonchev–Trinajstić information content (AvgIpc) is 2.38. The van der Waals surface area contributed by atoms with Crippen LogP contribution in [0.5, 0.6) is 0 Å². The van der Waals surface area contributed by atoms with Gasteiger partial charge >= 0.3 is 0 Å². The fraction of sp³-hybridized carbons (Fsp3) is 0.462. The van der Waals surface area contributed by atoms with Crippen LogP contribution < -0.4 is 5.32 Å². The normalized spacial score (nSPS) is 12.2. The van der Waals surface area contributed by atoms with E-state index >= 15 is 0 Å². The van der Waals surface area contributed by atoms with Gasteiger partial charge in [-0.2, -0.15) is 0 Å². The molecule has 1 unspecified atom stereocenters. The highest BCUT2D eigenvalue weighted by atomic mass is 35.5. The molecule has 1 rings (SSSR count). The maximum atomic E-state index is 11.6. The summed E-state index contributed by atoms with van der Waals surface area (Å²) in [5.41, 5.74) is 1.08. The molecule has 2 N–H and O–H groups in total. The first-order valence-corrected chi connectivity index (χ1v) is 7.40. The number of halogens is 1. The third-order valence-electron chi connectivity index (χ3n) is 2.34. The van der Waals surface area contributed by atoms with E-state index in [1.165, 1.54) is 18.9 Å². The highest BCUT2D eigenvalue weighted by Gasteiger charge is 2.10. The number of carbonyl (C=O) groups is 1. The Balaban J connectivity index is 2.27. The molecule has 4 nitrogen and oxygen atoms in total. The van der Waals surface area contributed by atoms with Crippen LogP contribution in [0.3, 0.4) is 0 Å². The van der Waals surface area contributed by atoms with Gasteiger partial charge in [0.15, 0.2) is 0 Å². The van der Waals surface area contributed by atoms with Gasteiger partial charge in [0.2, 0.25) is 5.91 Å². The van der Waals surface area contributed by atoms with E-state index in [1.807, 2.05) is 24.3 Å². The lowest BCUT2D eigenvalue weighted by molar-refractivity contribution is -0.120. The van der Waals surface area contributed by atoms with Crippen LogP contribution in [0.15, 0.2) is 24.3 Å². The monoisotopic (exact) mass is 303 g/mol. The standard InChI is InChI=1S/C13H18ClNO3S/c1-18-7-12(6-16)15-13(17)9-19-8-10-3-2-4-11(14)5-10/h2-5,12,16H,6-9H2,1H3,(H,15,17). The van der Waals surface area contributed by atoms with Crippen LogP contribution >= 0.6 is 23.4 Å². The van der Waals surface area contributed by atoms with Crippen molar-refractivity contribution in [2.24, 2.45) is 0 Å². The van der Waals surface area contributed by atoms with Crippen molar-refractivity contribution in [2.75, 3.05) is 26.1 Å². The first-order chi connectivity index (χ1) is 9.15. The largest absolute Gasteiger partial charge is 0.394 e. The van der Waals surface area contributed by atoms with E-state index in [9.17, 15) is 4.79 Å².